The van der Waals surface area contributed by atoms with Crippen molar-refractivity contribution >= 4 is 17.3 Å². The van der Waals surface area contributed by atoms with E-state index in [1.165, 1.54) is 12.1 Å². The molecule has 1 aliphatic heterocycles. The van der Waals surface area contributed by atoms with Crippen LogP contribution >= 0.6 is 11.6 Å². The van der Waals surface area contributed by atoms with Crippen LogP contribution in [0.1, 0.15) is 0 Å². The first-order valence-electron chi connectivity index (χ1n) is 5.96. The van der Waals surface area contributed by atoms with Gasteiger partial charge in [-0.2, -0.15) is 0 Å². The minimum absolute atomic E-state index is 0.111. The standard InChI is InChI=1S/C12H15ClFNO5/c13-6-3-5(1-2-7(6)14)15-12-11(19)10(18)9(17)8(4-16)20-12/h1-3,8-12,15-19H,4H2/t8-,9-,10+,11-,12-/m1/s1. The van der Waals surface area contributed by atoms with E-state index in [1.807, 2.05) is 0 Å². The molecule has 1 aliphatic rings. The quantitative estimate of drug-likeness (QED) is 0.525. The van der Waals surface area contributed by atoms with Crippen molar-refractivity contribution in [1.29, 1.82) is 0 Å². The minimum atomic E-state index is -1.48. The summed E-state index contributed by atoms with van der Waals surface area (Å²) >= 11 is 5.63. The highest BCUT2D eigenvalue weighted by molar-refractivity contribution is 6.31. The van der Waals surface area contributed by atoms with E-state index in [4.69, 9.17) is 21.4 Å². The Hall–Kier alpha value is -0.960. The van der Waals surface area contributed by atoms with Gasteiger partial charge in [-0.05, 0) is 18.2 Å². The summed E-state index contributed by atoms with van der Waals surface area (Å²) in [6, 6.07) is 3.80. The van der Waals surface area contributed by atoms with Crippen LogP contribution in [0.2, 0.25) is 5.02 Å². The summed E-state index contributed by atoms with van der Waals surface area (Å²) in [7, 11) is 0. The smallest absolute Gasteiger partial charge is 0.157 e. The molecule has 1 saturated heterocycles. The van der Waals surface area contributed by atoms with Gasteiger partial charge in [0.1, 0.15) is 30.2 Å². The van der Waals surface area contributed by atoms with E-state index in [0.717, 1.165) is 6.07 Å². The van der Waals surface area contributed by atoms with Gasteiger partial charge in [0, 0.05) is 5.69 Å². The SMILES string of the molecule is OC[C@H]1O[C@@H](Nc2ccc(F)c(Cl)c2)[C@H](O)[C@@H](O)[C@@H]1O. The predicted octanol–water partition coefficient (Wildman–Crippen LogP) is -0.309. The van der Waals surface area contributed by atoms with E-state index in [0.29, 0.717) is 5.69 Å². The summed E-state index contributed by atoms with van der Waals surface area (Å²) < 4.78 is 18.3. The van der Waals surface area contributed by atoms with Crippen LogP contribution in [0.25, 0.3) is 0 Å². The van der Waals surface area contributed by atoms with Crippen molar-refractivity contribution in [3.8, 4) is 0 Å². The second-order valence-electron chi connectivity index (χ2n) is 4.52. The third kappa shape index (κ3) is 3.03. The van der Waals surface area contributed by atoms with Gasteiger partial charge >= 0.3 is 0 Å². The summed E-state index contributed by atoms with van der Waals surface area (Å²) in [6.07, 6.45) is -6.41. The number of nitrogens with one attached hydrogen (secondary N) is 1. The third-order valence-corrected chi connectivity index (χ3v) is 3.41. The number of benzene rings is 1. The first-order chi connectivity index (χ1) is 9.43. The number of ether oxygens (including phenoxy) is 1. The lowest BCUT2D eigenvalue weighted by Gasteiger charge is -2.40. The van der Waals surface area contributed by atoms with Crippen molar-refractivity contribution in [3.63, 3.8) is 0 Å². The molecule has 0 amide bonds. The highest BCUT2D eigenvalue weighted by Crippen LogP contribution is 2.25. The average molecular weight is 308 g/mol. The van der Waals surface area contributed by atoms with E-state index in [9.17, 15) is 19.7 Å². The van der Waals surface area contributed by atoms with E-state index < -0.39 is 43.1 Å². The van der Waals surface area contributed by atoms with Gasteiger partial charge in [-0.15, -0.1) is 0 Å². The van der Waals surface area contributed by atoms with Crippen LogP contribution in [0.5, 0.6) is 0 Å². The number of anilines is 1. The van der Waals surface area contributed by atoms with Gasteiger partial charge in [-0.3, -0.25) is 0 Å². The topological polar surface area (TPSA) is 102 Å². The van der Waals surface area contributed by atoms with Gasteiger partial charge in [0.05, 0.1) is 11.6 Å². The van der Waals surface area contributed by atoms with Gasteiger partial charge in [0.15, 0.2) is 6.23 Å². The maximum Gasteiger partial charge on any atom is 0.157 e. The molecule has 0 radical (unpaired) electrons. The summed E-state index contributed by atoms with van der Waals surface area (Å²) in [4.78, 5) is 0. The molecule has 0 aliphatic carbocycles. The average Bonchev–Trinajstić information content (AvgIpc) is 2.43. The monoisotopic (exact) mass is 307 g/mol. The fraction of sp³-hybridized carbons (Fsp3) is 0.500. The van der Waals surface area contributed by atoms with Crippen LogP contribution in [0.3, 0.4) is 0 Å². The Morgan fingerprint density at radius 2 is 1.90 bits per heavy atom. The van der Waals surface area contributed by atoms with Gasteiger partial charge in [0.25, 0.3) is 0 Å². The van der Waals surface area contributed by atoms with Gasteiger partial charge in [0.2, 0.25) is 0 Å². The second-order valence-corrected chi connectivity index (χ2v) is 4.93. The Bertz CT molecular complexity index is 475. The number of aliphatic hydroxyl groups is 4. The highest BCUT2D eigenvalue weighted by atomic mass is 35.5. The van der Waals surface area contributed by atoms with Crippen LogP contribution in [-0.2, 0) is 4.74 Å². The molecule has 1 aromatic carbocycles. The molecular formula is C12H15ClFNO5. The molecule has 0 bridgehead atoms. The zero-order valence-electron chi connectivity index (χ0n) is 10.3. The molecule has 5 atom stereocenters. The maximum atomic E-state index is 13.0. The van der Waals surface area contributed by atoms with Gasteiger partial charge in [-0.1, -0.05) is 11.6 Å². The largest absolute Gasteiger partial charge is 0.394 e. The Balaban J connectivity index is 2.13. The molecule has 112 valence electrons. The minimum Gasteiger partial charge on any atom is -0.394 e. The lowest BCUT2D eigenvalue weighted by atomic mass is 9.98. The normalized spacial score (nSPS) is 34.0. The molecule has 1 fully saturated rings. The molecule has 20 heavy (non-hydrogen) atoms. The van der Waals surface area contributed by atoms with Crippen molar-refractivity contribution in [2.75, 3.05) is 11.9 Å². The Kier molecular flexibility index (Phi) is 4.79. The zero-order valence-corrected chi connectivity index (χ0v) is 11.0. The molecular weight excluding hydrogens is 293 g/mol. The summed E-state index contributed by atoms with van der Waals surface area (Å²) in [5.74, 6) is -0.592. The summed E-state index contributed by atoms with van der Waals surface area (Å²) in [5, 5.41) is 40.7. The fourth-order valence-electron chi connectivity index (χ4n) is 1.97. The number of hydrogen-bond donors (Lipinski definition) is 5. The summed E-state index contributed by atoms with van der Waals surface area (Å²) in [6.45, 7) is -0.521. The maximum absolute atomic E-state index is 13.0. The first kappa shape index (κ1) is 15.4. The van der Waals surface area contributed by atoms with Crippen molar-refractivity contribution in [1.82, 2.24) is 0 Å². The molecule has 0 spiro atoms. The van der Waals surface area contributed by atoms with Crippen molar-refractivity contribution in [2.45, 2.75) is 30.6 Å². The lowest BCUT2D eigenvalue weighted by molar-refractivity contribution is -0.221. The van der Waals surface area contributed by atoms with Crippen LogP contribution in [0, 0.1) is 5.82 Å². The second kappa shape index (κ2) is 6.21. The molecule has 0 saturated carbocycles. The molecule has 0 unspecified atom stereocenters. The van der Waals surface area contributed by atoms with Crippen molar-refractivity contribution in [2.24, 2.45) is 0 Å². The third-order valence-electron chi connectivity index (χ3n) is 3.12. The van der Waals surface area contributed by atoms with Crippen LogP contribution in [0.4, 0.5) is 10.1 Å². The Labute approximate surface area is 119 Å². The molecule has 1 heterocycles. The number of halogens is 2. The highest BCUT2D eigenvalue weighted by Gasteiger charge is 2.43. The molecule has 5 N–H and O–H groups in total. The Morgan fingerprint density at radius 3 is 2.50 bits per heavy atom. The zero-order chi connectivity index (χ0) is 14.9. The first-order valence-corrected chi connectivity index (χ1v) is 6.34. The number of rotatable bonds is 3. The number of hydrogen-bond acceptors (Lipinski definition) is 6. The fourth-order valence-corrected chi connectivity index (χ4v) is 2.15. The van der Waals surface area contributed by atoms with Crippen molar-refractivity contribution in [3.05, 3.63) is 29.0 Å². The van der Waals surface area contributed by atoms with E-state index in [-0.39, 0.29) is 5.02 Å². The van der Waals surface area contributed by atoms with Crippen LogP contribution < -0.4 is 5.32 Å². The van der Waals surface area contributed by atoms with Gasteiger partial charge in [-0.25, -0.2) is 4.39 Å². The van der Waals surface area contributed by atoms with E-state index in [1.54, 1.807) is 0 Å². The van der Waals surface area contributed by atoms with E-state index >= 15 is 0 Å². The van der Waals surface area contributed by atoms with E-state index in [2.05, 4.69) is 5.32 Å². The number of aliphatic hydroxyl groups excluding tert-OH is 4. The van der Waals surface area contributed by atoms with Gasteiger partial charge < -0.3 is 30.5 Å². The lowest BCUT2D eigenvalue weighted by Crippen LogP contribution is -2.60. The molecule has 2 rings (SSSR count). The van der Waals surface area contributed by atoms with Crippen molar-refractivity contribution < 1.29 is 29.6 Å². The predicted molar refractivity (Wildman–Crippen MR) is 68.8 cm³/mol. The van der Waals surface area contributed by atoms with Crippen LogP contribution in [0.15, 0.2) is 18.2 Å². The molecule has 1 aromatic rings. The Morgan fingerprint density at radius 1 is 1.20 bits per heavy atom. The molecule has 8 heteroatoms. The molecule has 0 aromatic heterocycles. The summed E-state index contributed by atoms with van der Waals surface area (Å²) in [5.41, 5.74) is 0.362. The molecule has 6 nitrogen and oxygen atoms in total. The van der Waals surface area contributed by atoms with Crippen LogP contribution in [-0.4, -0.2) is 57.7 Å².